The lowest BCUT2D eigenvalue weighted by atomic mass is 10.1. The quantitative estimate of drug-likeness (QED) is 0.558. The van der Waals surface area contributed by atoms with Crippen LogP contribution in [0, 0.1) is 0 Å². The van der Waals surface area contributed by atoms with Gasteiger partial charge in [0.1, 0.15) is 5.50 Å². The molecule has 1 unspecified atom stereocenters. The van der Waals surface area contributed by atoms with Crippen molar-refractivity contribution >= 4 is 11.6 Å². The van der Waals surface area contributed by atoms with Crippen molar-refractivity contribution < 1.29 is 0 Å². The van der Waals surface area contributed by atoms with Crippen molar-refractivity contribution in [1.29, 1.82) is 0 Å². The largest absolute Gasteiger partial charge is 0.358 e. The predicted octanol–water partition coefficient (Wildman–Crippen LogP) is 3.18. The molecule has 0 amide bonds. The van der Waals surface area contributed by atoms with Gasteiger partial charge in [0, 0.05) is 12.7 Å². The minimum absolute atomic E-state index is 0.00119. The first-order valence-corrected chi connectivity index (χ1v) is 5.58. The Morgan fingerprint density at radius 3 is 2.67 bits per heavy atom. The molecule has 1 nitrogen and oxygen atoms in total. The molecule has 0 fully saturated rings. The van der Waals surface area contributed by atoms with Crippen molar-refractivity contribution in [2.24, 2.45) is 0 Å². The third kappa shape index (κ3) is 2.87. The van der Waals surface area contributed by atoms with Gasteiger partial charge in [0.25, 0.3) is 0 Å². The average molecular weight is 220 g/mol. The van der Waals surface area contributed by atoms with Crippen LogP contribution in [0.15, 0.2) is 54.8 Å². The zero-order valence-corrected chi connectivity index (χ0v) is 9.27. The lowest BCUT2D eigenvalue weighted by Gasteiger charge is -2.25. The van der Waals surface area contributed by atoms with Gasteiger partial charge >= 0.3 is 0 Å². The average Bonchev–Trinajstić information content (AvgIpc) is 2.29. The number of alkyl halides is 1. The van der Waals surface area contributed by atoms with Crippen LogP contribution < -0.4 is 0 Å². The summed E-state index contributed by atoms with van der Waals surface area (Å²) in [6, 6.07) is 10.5. The van der Waals surface area contributed by atoms with Crippen LogP contribution in [-0.4, -0.2) is 16.9 Å². The van der Waals surface area contributed by atoms with E-state index >= 15 is 0 Å². The maximum absolute atomic E-state index is 6.14. The summed E-state index contributed by atoms with van der Waals surface area (Å²) < 4.78 is 0. The third-order valence-corrected chi connectivity index (χ3v) is 2.87. The highest BCUT2D eigenvalue weighted by Gasteiger charge is 2.10. The summed E-state index contributed by atoms with van der Waals surface area (Å²) in [6.07, 6.45) is 9.07. The zero-order chi connectivity index (χ0) is 10.5. The number of allylic oxidation sites excluding steroid dienone is 2. The second-order valence-corrected chi connectivity index (χ2v) is 4.02. The second-order valence-electron chi connectivity index (χ2n) is 3.57. The van der Waals surface area contributed by atoms with Crippen LogP contribution in [0.5, 0.6) is 0 Å². The first-order chi connectivity index (χ1) is 7.36. The van der Waals surface area contributed by atoms with E-state index in [1.165, 1.54) is 5.56 Å². The Hall–Kier alpha value is -1.21. The van der Waals surface area contributed by atoms with Gasteiger partial charge in [-0.2, -0.15) is 0 Å². The van der Waals surface area contributed by atoms with E-state index in [9.17, 15) is 0 Å². The van der Waals surface area contributed by atoms with Gasteiger partial charge in [-0.3, -0.25) is 0 Å². The van der Waals surface area contributed by atoms with Crippen LogP contribution in [0.25, 0.3) is 0 Å². The fourth-order valence-electron chi connectivity index (χ4n) is 1.61. The van der Waals surface area contributed by atoms with E-state index in [1.807, 2.05) is 30.5 Å². The molecule has 0 saturated carbocycles. The van der Waals surface area contributed by atoms with Gasteiger partial charge in [-0.1, -0.05) is 48.0 Å². The molecule has 1 aliphatic heterocycles. The summed E-state index contributed by atoms with van der Waals surface area (Å²) in [5.41, 5.74) is 1.35. The highest BCUT2D eigenvalue weighted by molar-refractivity contribution is 6.21. The van der Waals surface area contributed by atoms with Crippen LogP contribution in [0.1, 0.15) is 5.56 Å². The van der Waals surface area contributed by atoms with Crippen molar-refractivity contribution in [2.75, 3.05) is 6.54 Å². The summed E-state index contributed by atoms with van der Waals surface area (Å²) in [7, 11) is 0. The minimum Gasteiger partial charge on any atom is -0.358 e. The van der Waals surface area contributed by atoms with Crippen LogP contribution in [0.3, 0.4) is 0 Å². The molecule has 0 radical (unpaired) electrons. The van der Waals surface area contributed by atoms with Gasteiger partial charge < -0.3 is 4.90 Å². The molecular weight excluding hydrogens is 206 g/mol. The van der Waals surface area contributed by atoms with Crippen molar-refractivity contribution in [3.63, 3.8) is 0 Å². The molecule has 2 rings (SSSR count). The van der Waals surface area contributed by atoms with Gasteiger partial charge in [-0.15, -0.1) is 0 Å². The maximum atomic E-state index is 6.14. The SMILES string of the molecule is ClC1C=CC=CN1CCc1ccccc1. The number of hydrogen-bond donors (Lipinski definition) is 0. The second kappa shape index (κ2) is 5.04. The molecule has 0 N–H and O–H groups in total. The predicted molar refractivity (Wildman–Crippen MR) is 64.8 cm³/mol. The third-order valence-electron chi connectivity index (χ3n) is 2.48. The number of hydrogen-bond acceptors (Lipinski definition) is 1. The Bertz CT molecular complexity index is 356. The molecule has 0 saturated heterocycles. The van der Waals surface area contributed by atoms with Crippen molar-refractivity contribution in [1.82, 2.24) is 4.90 Å². The molecule has 2 heteroatoms. The number of benzene rings is 1. The van der Waals surface area contributed by atoms with E-state index in [4.69, 9.17) is 11.6 Å². The molecule has 78 valence electrons. The Morgan fingerprint density at radius 1 is 1.13 bits per heavy atom. The van der Waals surface area contributed by atoms with E-state index in [0.717, 1.165) is 13.0 Å². The Kier molecular flexibility index (Phi) is 3.46. The number of nitrogens with zero attached hydrogens (tertiary/aromatic N) is 1. The first kappa shape index (κ1) is 10.3. The van der Waals surface area contributed by atoms with Crippen molar-refractivity contribution in [3.8, 4) is 0 Å². The van der Waals surface area contributed by atoms with E-state index in [-0.39, 0.29) is 5.50 Å². The van der Waals surface area contributed by atoms with Gasteiger partial charge in [0.2, 0.25) is 0 Å². The highest BCUT2D eigenvalue weighted by atomic mass is 35.5. The molecule has 1 aromatic carbocycles. The van der Waals surface area contributed by atoms with Crippen LogP contribution in [0.4, 0.5) is 0 Å². The summed E-state index contributed by atoms with van der Waals surface area (Å²) in [5.74, 6) is 0. The van der Waals surface area contributed by atoms with E-state index in [0.29, 0.717) is 0 Å². The standard InChI is InChI=1S/C13H14ClN/c14-13-8-4-5-10-15(13)11-9-12-6-2-1-3-7-12/h1-8,10,13H,9,11H2. The summed E-state index contributed by atoms with van der Waals surface area (Å²) in [4.78, 5) is 2.13. The summed E-state index contributed by atoms with van der Waals surface area (Å²) in [5, 5.41) is 0. The van der Waals surface area contributed by atoms with E-state index < -0.39 is 0 Å². The van der Waals surface area contributed by atoms with Gasteiger partial charge in [-0.25, -0.2) is 0 Å². The maximum Gasteiger partial charge on any atom is 0.122 e. The lowest BCUT2D eigenvalue weighted by molar-refractivity contribution is 0.386. The molecule has 1 aliphatic rings. The fourth-order valence-corrected chi connectivity index (χ4v) is 1.86. The molecule has 15 heavy (non-hydrogen) atoms. The van der Waals surface area contributed by atoms with Crippen LogP contribution in [-0.2, 0) is 6.42 Å². The highest BCUT2D eigenvalue weighted by Crippen LogP contribution is 2.13. The van der Waals surface area contributed by atoms with Crippen LogP contribution >= 0.6 is 11.6 Å². The lowest BCUT2D eigenvalue weighted by Crippen LogP contribution is -2.27. The molecular formula is C13H14ClN. The van der Waals surface area contributed by atoms with E-state index in [2.05, 4.69) is 29.2 Å². The van der Waals surface area contributed by atoms with Gasteiger partial charge in [0.05, 0.1) is 0 Å². The molecule has 0 aliphatic carbocycles. The Balaban J connectivity index is 1.89. The molecule has 0 bridgehead atoms. The molecule has 1 aromatic rings. The van der Waals surface area contributed by atoms with Crippen molar-refractivity contribution in [3.05, 3.63) is 60.3 Å². The topological polar surface area (TPSA) is 3.24 Å². The molecule has 1 atom stereocenters. The minimum atomic E-state index is -0.00119. The molecule has 0 spiro atoms. The monoisotopic (exact) mass is 219 g/mol. The van der Waals surface area contributed by atoms with Gasteiger partial charge in [-0.05, 0) is 24.1 Å². The Labute approximate surface area is 95.7 Å². The number of rotatable bonds is 3. The zero-order valence-electron chi connectivity index (χ0n) is 8.51. The van der Waals surface area contributed by atoms with E-state index in [1.54, 1.807) is 0 Å². The number of halogens is 1. The van der Waals surface area contributed by atoms with Gasteiger partial charge in [0.15, 0.2) is 0 Å². The summed E-state index contributed by atoms with van der Waals surface area (Å²) >= 11 is 6.14. The first-order valence-electron chi connectivity index (χ1n) is 5.15. The van der Waals surface area contributed by atoms with Crippen LogP contribution in [0.2, 0.25) is 0 Å². The Morgan fingerprint density at radius 2 is 1.93 bits per heavy atom. The summed E-state index contributed by atoms with van der Waals surface area (Å²) in [6.45, 7) is 0.957. The normalized spacial score (nSPS) is 19.5. The smallest absolute Gasteiger partial charge is 0.122 e. The van der Waals surface area contributed by atoms with Crippen molar-refractivity contribution in [2.45, 2.75) is 11.9 Å². The molecule has 0 aromatic heterocycles. The molecule has 1 heterocycles. The fraction of sp³-hybridized carbons (Fsp3) is 0.231.